The number of hydrogen-bond donors (Lipinski definition) is 0. The van der Waals surface area contributed by atoms with E-state index < -0.39 is 17.4 Å². The zero-order valence-corrected chi connectivity index (χ0v) is 16.1. The van der Waals surface area contributed by atoms with Gasteiger partial charge in [-0.25, -0.2) is 0 Å². The summed E-state index contributed by atoms with van der Waals surface area (Å²) in [4.78, 5) is 27.4. The lowest BCUT2D eigenvalue weighted by atomic mass is 9.77. The number of esters is 1. The molecule has 4 atom stereocenters. The molecule has 0 aromatic carbocycles. The third-order valence-corrected chi connectivity index (χ3v) is 5.47. The lowest BCUT2D eigenvalue weighted by Crippen LogP contribution is -2.40. The zero-order valence-electron chi connectivity index (χ0n) is 16.1. The second kappa shape index (κ2) is 8.09. The van der Waals surface area contributed by atoms with Crippen LogP contribution in [0.3, 0.4) is 0 Å². The van der Waals surface area contributed by atoms with Crippen molar-refractivity contribution < 1.29 is 23.8 Å². The lowest BCUT2D eigenvalue weighted by Gasteiger charge is -2.22. The number of hydrogen-bond acceptors (Lipinski definition) is 5. The van der Waals surface area contributed by atoms with Gasteiger partial charge in [0.25, 0.3) is 0 Å². The van der Waals surface area contributed by atoms with Crippen molar-refractivity contribution in [3.63, 3.8) is 0 Å². The minimum atomic E-state index is -0.645. The Kier molecular flexibility index (Phi) is 6.03. The number of likely N-dealkylation sites (tertiary alicyclic amines) is 1. The van der Waals surface area contributed by atoms with E-state index in [9.17, 15) is 9.59 Å². The highest BCUT2D eigenvalue weighted by atomic mass is 16.6. The average molecular weight is 365 g/mol. The molecule has 2 saturated heterocycles. The molecule has 1 amide bonds. The van der Waals surface area contributed by atoms with Gasteiger partial charge in [0, 0.05) is 13.2 Å². The highest BCUT2D eigenvalue weighted by molar-refractivity contribution is 5.91. The largest absolute Gasteiger partial charge is 0.465 e. The van der Waals surface area contributed by atoms with Gasteiger partial charge in [-0.05, 0) is 26.7 Å². The second-order valence-corrected chi connectivity index (χ2v) is 7.81. The van der Waals surface area contributed by atoms with E-state index in [1.54, 1.807) is 0 Å². The van der Waals surface area contributed by atoms with Crippen molar-refractivity contribution in [2.75, 3.05) is 26.3 Å². The maximum atomic E-state index is 13.0. The summed E-state index contributed by atoms with van der Waals surface area (Å²) in [7, 11) is 0. The van der Waals surface area contributed by atoms with E-state index in [1.165, 1.54) is 0 Å². The predicted molar refractivity (Wildman–Crippen MR) is 96.5 cm³/mol. The van der Waals surface area contributed by atoms with E-state index in [4.69, 9.17) is 14.2 Å². The first-order valence-corrected chi connectivity index (χ1v) is 9.92. The van der Waals surface area contributed by atoms with E-state index in [1.807, 2.05) is 30.9 Å². The van der Waals surface area contributed by atoms with E-state index in [2.05, 4.69) is 6.92 Å². The summed E-state index contributed by atoms with van der Waals surface area (Å²) in [6.07, 6.45) is 7.53. The second-order valence-electron chi connectivity index (χ2n) is 7.81. The Bertz CT molecular complexity index is 560. The van der Waals surface area contributed by atoms with Crippen molar-refractivity contribution >= 4 is 11.9 Å². The summed E-state index contributed by atoms with van der Waals surface area (Å²) >= 11 is 0. The molecule has 2 fully saturated rings. The number of ether oxygens (including phenoxy) is 3. The van der Waals surface area contributed by atoms with Gasteiger partial charge < -0.3 is 19.1 Å². The molecule has 0 saturated carbocycles. The third kappa shape index (κ3) is 3.67. The fourth-order valence-electron chi connectivity index (χ4n) is 4.23. The Labute approximate surface area is 155 Å². The fourth-order valence-corrected chi connectivity index (χ4v) is 4.23. The summed E-state index contributed by atoms with van der Waals surface area (Å²) in [5, 5.41) is 0. The van der Waals surface area contributed by atoms with Crippen LogP contribution in [0.5, 0.6) is 0 Å². The minimum absolute atomic E-state index is 0.0110. The maximum absolute atomic E-state index is 13.0. The standard InChI is InChI=1S/C20H31NO5/c1-4-5-6-11-25-19(23)16-15-8-9-20(26-15)13-21(18(22)17(16)20)10-7-12-24-14(2)3/h8-9,14-17H,4-7,10-13H2,1-3H3/t15-,16+,17-,20+/m1/s1. The van der Waals surface area contributed by atoms with Crippen molar-refractivity contribution in [1.82, 2.24) is 4.90 Å². The summed E-state index contributed by atoms with van der Waals surface area (Å²) < 4.78 is 17.1. The maximum Gasteiger partial charge on any atom is 0.312 e. The minimum Gasteiger partial charge on any atom is -0.465 e. The first-order valence-electron chi connectivity index (χ1n) is 9.92. The van der Waals surface area contributed by atoms with Crippen LogP contribution in [0.25, 0.3) is 0 Å². The monoisotopic (exact) mass is 365 g/mol. The Morgan fingerprint density at radius 2 is 2.15 bits per heavy atom. The molecule has 2 bridgehead atoms. The quantitative estimate of drug-likeness (QED) is 0.338. The van der Waals surface area contributed by atoms with Crippen LogP contribution in [0, 0.1) is 11.8 Å². The van der Waals surface area contributed by atoms with Gasteiger partial charge in [-0.15, -0.1) is 0 Å². The van der Waals surface area contributed by atoms with Crippen LogP contribution in [0.1, 0.15) is 46.5 Å². The van der Waals surface area contributed by atoms with Gasteiger partial charge in [0.15, 0.2) is 0 Å². The molecule has 0 aromatic heterocycles. The van der Waals surface area contributed by atoms with Crippen LogP contribution in [0.4, 0.5) is 0 Å². The van der Waals surface area contributed by atoms with E-state index in [-0.39, 0.29) is 24.1 Å². The van der Waals surface area contributed by atoms with Gasteiger partial charge in [-0.1, -0.05) is 31.9 Å². The molecule has 1 spiro atoms. The molecule has 146 valence electrons. The Morgan fingerprint density at radius 1 is 1.35 bits per heavy atom. The molecule has 26 heavy (non-hydrogen) atoms. The molecule has 0 unspecified atom stereocenters. The number of unbranched alkanes of at least 4 members (excludes halogenated alkanes) is 2. The molecule has 0 aliphatic carbocycles. The van der Waals surface area contributed by atoms with Gasteiger partial charge >= 0.3 is 5.97 Å². The van der Waals surface area contributed by atoms with Gasteiger partial charge in [0.2, 0.25) is 5.91 Å². The van der Waals surface area contributed by atoms with Gasteiger partial charge in [-0.2, -0.15) is 0 Å². The zero-order chi connectivity index (χ0) is 18.7. The molecular formula is C20H31NO5. The number of rotatable bonds is 10. The average Bonchev–Trinajstić information content (AvgIpc) is 3.24. The molecule has 6 nitrogen and oxygen atoms in total. The summed E-state index contributed by atoms with van der Waals surface area (Å²) in [5.74, 6) is -1.23. The molecule has 3 rings (SSSR count). The van der Waals surface area contributed by atoms with Crippen LogP contribution in [0.2, 0.25) is 0 Å². The van der Waals surface area contributed by atoms with Gasteiger partial charge in [0.1, 0.15) is 11.5 Å². The first kappa shape index (κ1) is 19.4. The topological polar surface area (TPSA) is 65.1 Å². The molecule has 0 aromatic rings. The number of carbonyl (C=O) groups is 2. The smallest absolute Gasteiger partial charge is 0.312 e. The van der Waals surface area contributed by atoms with E-state index in [0.717, 1.165) is 25.7 Å². The van der Waals surface area contributed by atoms with Crippen molar-refractivity contribution in [3.05, 3.63) is 12.2 Å². The molecule has 0 N–H and O–H groups in total. The number of carbonyl (C=O) groups excluding carboxylic acids is 2. The van der Waals surface area contributed by atoms with Gasteiger partial charge in [0.05, 0.1) is 31.3 Å². The first-order chi connectivity index (χ1) is 12.5. The summed E-state index contributed by atoms with van der Waals surface area (Å²) in [5.41, 5.74) is -0.645. The Balaban J connectivity index is 1.59. The Morgan fingerprint density at radius 3 is 2.88 bits per heavy atom. The normalized spacial score (nSPS) is 31.9. The number of fused-ring (bicyclic) bond motifs is 1. The van der Waals surface area contributed by atoms with Crippen LogP contribution in [0.15, 0.2) is 12.2 Å². The molecular weight excluding hydrogens is 334 g/mol. The van der Waals surface area contributed by atoms with E-state index in [0.29, 0.717) is 26.3 Å². The summed E-state index contributed by atoms with van der Waals surface area (Å²) in [6.45, 7) is 8.30. The van der Waals surface area contributed by atoms with Crippen molar-refractivity contribution in [2.24, 2.45) is 11.8 Å². The SMILES string of the molecule is CCCCCOC(=O)[C@H]1[C@H]2C=C[C@@]3(CN(CCCOC(C)C)C(=O)[C@@H]13)O2. The fraction of sp³-hybridized carbons (Fsp3) is 0.800. The van der Waals surface area contributed by atoms with Gasteiger partial charge in [-0.3, -0.25) is 9.59 Å². The van der Waals surface area contributed by atoms with Crippen LogP contribution >= 0.6 is 0 Å². The van der Waals surface area contributed by atoms with Crippen molar-refractivity contribution in [3.8, 4) is 0 Å². The highest BCUT2D eigenvalue weighted by Gasteiger charge is 2.67. The number of amides is 1. The lowest BCUT2D eigenvalue weighted by molar-refractivity contribution is -0.154. The molecule has 3 aliphatic heterocycles. The molecule has 3 heterocycles. The van der Waals surface area contributed by atoms with Crippen LogP contribution in [-0.2, 0) is 23.8 Å². The predicted octanol–water partition coefficient (Wildman–Crippen LogP) is 2.32. The molecule has 6 heteroatoms. The van der Waals surface area contributed by atoms with Crippen LogP contribution in [-0.4, -0.2) is 60.9 Å². The van der Waals surface area contributed by atoms with Crippen molar-refractivity contribution in [2.45, 2.75) is 64.3 Å². The highest BCUT2D eigenvalue weighted by Crippen LogP contribution is 2.52. The third-order valence-electron chi connectivity index (χ3n) is 5.47. The van der Waals surface area contributed by atoms with Crippen LogP contribution < -0.4 is 0 Å². The number of nitrogens with zero attached hydrogens (tertiary/aromatic N) is 1. The summed E-state index contributed by atoms with van der Waals surface area (Å²) in [6, 6.07) is 0. The Hall–Kier alpha value is -1.40. The molecule has 0 radical (unpaired) electrons. The van der Waals surface area contributed by atoms with E-state index >= 15 is 0 Å². The molecule has 3 aliphatic rings. The van der Waals surface area contributed by atoms with Crippen molar-refractivity contribution in [1.29, 1.82) is 0 Å².